The van der Waals surface area contributed by atoms with E-state index < -0.39 is 0 Å². The maximum absolute atomic E-state index is 13.0. The lowest BCUT2D eigenvalue weighted by atomic mass is 9.99. The van der Waals surface area contributed by atoms with Crippen LogP contribution in [0.3, 0.4) is 0 Å². The number of thioether (sulfide) groups is 1. The summed E-state index contributed by atoms with van der Waals surface area (Å²) >= 11 is 6.43. The summed E-state index contributed by atoms with van der Waals surface area (Å²) in [5, 5.41) is 9.22. The van der Waals surface area contributed by atoms with Gasteiger partial charge < -0.3 is 10.0 Å². The molecule has 2 aliphatic heterocycles. The Morgan fingerprint density at radius 1 is 1.33 bits per heavy atom. The standard InChI is InChI=1S/C19H21FN2O3S2/c20-14-6-4-13(5-7-14)11-16-18(25)22(19(26)27-16)12-17(24)21-9-2-1-3-15(21)8-10-23/h4-7,11,15,23H,1-3,8-10,12H2/b16-11-. The van der Waals surface area contributed by atoms with E-state index in [1.807, 2.05) is 0 Å². The second-order valence-corrected chi connectivity index (χ2v) is 8.24. The molecule has 1 N–H and O–H groups in total. The van der Waals surface area contributed by atoms with Crippen LogP contribution in [-0.2, 0) is 9.59 Å². The maximum atomic E-state index is 13.0. The zero-order chi connectivity index (χ0) is 19.4. The lowest BCUT2D eigenvalue weighted by molar-refractivity contribution is -0.138. The highest BCUT2D eigenvalue weighted by molar-refractivity contribution is 8.26. The van der Waals surface area contributed by atoms with Gasteiger partial charge in [-0.05, 0) is 49.5 Å². The van der Waals surface area contributed by atoms with Crippen molar-refractivity contribution in [1.82, 2.24) is 9.80 Å². The number of benzene rings is 1. The van der Waals surface area contributed by atoms with Gasteiger partial charge in [0, 0.05) is 19.2 Å². The Morgan fingerprint density at radius 3 is 2.78 bits per heavy atom. The first kappa shape index (κ1) is 20.0. The van der Waals surface area contributed by atoms with E-state index in [1.54, 1.807) is 23.1 Å². The summed E-state index contributed by atoms with van der Waals surface area (Å²) in [6.07, 6.45) is 5.04. The zero-order valence-electron chi connectivity index (χ0n) is 14.8. The molecule has 2 heterocycles. The Morgan fingerprint density at radius 2 is 2.07 bits per heavy atom. The second kappa shape index (κ2) is 8.95. The van der Waals surface area contributed by atoms with Gasteiger partial charge in [0.05, 0.1) is 4.91 Å². The van der Waals surface area contributed by atoms with Gasteiger partial charge in [-0.25, -0.2) is 4.39 Å². The minimum Gasteiger partial charge on any atom is -0.396 e. The lowest BCUT2D eigenvalue weighted by Crippen LogP contribution is -2.49. The maximum Gasteiger partial charge on any atom is 0.266 e. The topological polar surface area (TPSA) is 60.9 Å². The van der Waals surface area contributed by atoms with Gasteiger partial charge in [-0.3, -0.25) is 14.5 Å². The van der Waals surface area contributed by atoms with Gasteiger partial charge >= 0.3 is 0 Å². The molecule has 0 spiro atoms. The van der Waals surface area contributed by atoms with Crippen molar-refractivity contribution in [2.75, 3.05) is 19.7 Å². The third-order valence-corrected chi connectivity index (χ3v) is 6.12. The summed E-state index contributed by atoms with van der Waals surface area (Å²) in [6.45, 7) is 0.590. The van der Waals surface area contributed by atoms with Crippen LogP contribution >= 0.6 is 24.0 Å². The smallest absolute Gasteiger partial charge is 0.266 e. The molecule has 1 aromatic rings. The molecule has 27 heavy (non-hydrogen) atoms. The van der Waals surface area contributed by atoms with E-state index in [2.05, 4.69) is 0 Å². The highest BCUT2D eigenvalue weighted by atomic mass is 32.2. The van der Waals surface area contributed by atoms with Crippen molar-refractivity contribution in [3.63, 3.8) is 0 Å². The molecule has 1 unspecified atom stereocenters. The number of carbonyl (C=O) groups excluding carboxylic acids is 2. The molecule has 0 bridgehead atoms. The molecule has 8 heteroatoms. The number of hydrogen-bond donors (Lipinski definition) is 1. The van der Waals surface area contributed by atoms with Crippen molar-refractivity contribution < 1.29 is 19.1 Å². The number of halogens is 1. The number of piperidine rings is 1. The van der Waals surface area contributed by atoms with Gasteiger partial charge in [0.25, 0.3) is 5.91 Å². The summed E-state index contributed by atoms with van der Waals surface area (Å²) in [4.78, 5) is 28.9. The quantitative estimate of drug-likeness (QED) is 0.600. The van der Waals surface area contributed by atoms with Crippen molar-refractivity contribution >= 4 is 46.2 Å². The van der Waals surface area contributed by atoms with Gasteiger partial charge in [-0.1, -0.05) is 36.1 Å². The van der Waals surface area contributed by atoms with Crippen LogP contribution < -0.4 is 0 Å². The monoisotopic (exact) mass is 408 g/mol. The highest BCUT2D eigenvalue weighted by Crippen LogP contribution is 2.33. The van der Waals surface area contributed by atoms with Crippen LogP contribution in [0.2, 0.25) is 0 Å². The molecule has 0 saturated carbocycles. The highest BCUT2D eigenvalue weighted by Gasteiger charge is 2.36. The third kappa shape index (κ3) is 4.75. The number of aliphatic hydroxyl groups excluding tert-OH is 1. The molecule has 5 nitrogen and oxygen atoms in total. The van der Waals surface area contributed by atoms with E-state index in [0.29, 0.717) is 27.8 Å². The van der Waals surface area contributed by atoms with Crippen molar-refractivity contribution in [2.24, 2.45) is 0 Å². The molecule has 0 radical (unpaired) electrons. The number of nitrogens with zero attached hydrogens (tertiary/aromatic N) is 2. The van der Waals surface area contributed by atoms with Gasteiger partial charge in [-0.2, -0.15) is 0 Å². The van der Waals surface area contributed by atoms with E-state index in [-0.39, 0.29) is 36.8 Å². The number of thiocarbonyl (C=S) groups is 1. The molecule has 2 fully saturated rings. The normalized spacial score (nSPS) is 22.0. The van der Waals surface area contributed by atoms with Crippen LogP contribution in [0.15, 0.2) is 29.2 Å². The summed E-state index contributed by atoms with van der Waals surface area (Å²) < 4.78 is 13.4. The van der Waals surface area contributed by atoms with Crippen molar-refractivity contribution in [3.8, 4) is 0 Å². The Balaban J connectivity index is 1.69. The second-order valence-electron chi connectivity index (χ2n) is 6.57. The Hall–Kier alpha value is -1.77. The zero-order valence-corrected chi connectivity index (χ0v) is 16.4. The Labute approximate surface area is 167 Å². The van der Waals surface area contributed by atoms with Crippen molar-refractivity contribution in [2.45, 2.75) is 31.7 Å². The Kier molecular flexibility index (Phi) is 6.62. The minimum atomic E-state index is -0.343. The number of amides is 2. The summed E-state index contributed by atoms with van der Waals surface area (Å²) in [5.41, 5.74) is 0.697. The molecule has 144 valence electrons. The summed E-state index contributed by atoms with van der Waals surface area (Å²) in [5.74, 6) is -0.796. The van der Waals surface area contributed by atoms with Gasteiger partial charge in [0.1, 0.15) is 16.7 Å². The molecule has 0 aliphatic carbocycles. The Bertz CT molecular complexity index is 765. The van der Waals surface area contributed by atoms with Crippen LogP contribution in [-0.4, -0.2) is 56.8 Å². The molecule has 2 amide bonds. The first-order chi connectivity index (χ1) is 13.0. The molecular weight excluding hydrogens is 387 g/mol. The first-order valence-electron chi connectivity index (χ1n) is 8.91. The molecule has 0 aromatic heterocycles. The molecule has 1 aromatic carbocycles. The van der Waals surface area contributed by atoms with Gasteiger partial charge in [0.2, 0.25) is 5.91 Å². The molecule has 1 atom stereocenters. The number of carbonyl (C=O) groups is 2. The fraction of sp³-hybridized carbons (Fsp3) is 0.421. The SMILES string of the molecule is O=C1/C(=C/c2ccc(F)cc2)SC(=S)N1CC(=O)N1CCCCC1CCO. The average molecular weight is 409 g/mol. The third-order valence-electron chi connectivity index (χ3n) is 4.74. The van der Waals surface area contributed by atoms with Crippen LogP contribution in [0.1, 0.15) is 31.2 Å². The number of rotatable bonds is 5. The number of aliphatic hydroxyl groups is 1. The molecule has 2 aliphatic rings. The van der Waals surface area contributed by atoms with Crippen molar-refractivity contribution in [1.29, 1.82) is 0 Å². The molecule has 2 saturated heterocycles. The predicted molar refractivity (Wildman–Crippen MR) is 107 cm³/mol. The van der Waals surface area contributed by atoms with Crippen LogP contribution in [0.5, 0.6) is 0 Å². The lowest BCUT2D eigenvalue weighted by Gasteiger charge is -2.36. The minimum absolute atomic E-state index is 0.0180. The fourth-order valence-electron chi connectivity index (χ4n) is 3.35. The van der Waals surface area contributed by atoms with E-state index in [4.69, 9.17) is 12.2 Å². The van der Waals surface area contributed by atoms with Crippen LogP contribution in [0.25, 0.3) is 6.08 Å². The predicted octanol–water partition coefficient (Wildman–Crippen LogP) is 2.79. The average Bonchev–Trinajstić information content (AvgIpc) is 2.91. The van der Waals surface area contributed by atoms with Crippen LogP contribution in [0.4, 0.5) is 4.39 Å². The van der Waals surface area contributed by atoms with E-state index in [0.717, 1.165) is 31.0 Å². The number of hydrogen-bond acceptors (Lipinski definition) is 5. The first-order valence-corrected chi connectivity index (χ1v) is 10.1. The summed E-state index contributed by atoms with van der Waals surface area (Å²) in [6, 6.07) is 5.84. The van der Waals surface area contributed by atoms with Gasteiger partial charge in [0.15, 0.2) is 0 Å². The molecular formula is C19H21FN2O3S2. The number of likely N-dealkylation sites (tertiary alicyclic amines) is 1. The van der Waals surface area contributed by atoms with Crippen LogP contribution in [0, 0.1) is 5.82 Å². The fourth-order valence-corrected chi connectivity index (χ4v) is 4.61. The van der Waals surface area contributed by atoms with Crippen molar-refractivity contribution in [3.05, 3.63) is 40.6 Å². The largest absolute Gasteiger partial charge is 0.396 e. The van der Waals surface area contributed by atoms with Gasteiger partial charge in [-0.15, -0.1) is 0 Å². The van der Waals surface area contributed by atoms with E-state index >= 15 is 0 Å². The van der Waals surface area contributed by atoms with E-state index in [1.165, 1.54) is 17.0 Å². The van der Waals surface area contributed by atoms with E-state index in [9.17, 15) is 19.1 Å². The summed E-state index contributed by atoms with van der Waals surface area (Å²) in [7, 11) is 0. The molecule has 3 rings (SSSR count).